The number of benzene rings is 3. The van der Waals surface area contributed by atoms with Gasteiger partial charge >= 0.3 is 0 Å². The van der Waals surface area contributed by atoms with Crippen LogP contribution in [0.15, 0.2) is 87.5 Å². The summed E-state index contributed by atoms with van der Waals surface area (Å²) in [5.41, 5.74) is 5.20. The maximum Gasteiger partial charge on any atom is 0.173 e. The van der Waals surface area contributed by atoms with Crippen molar-refractivity contribution in [3.05, 3.63) is 89.5 Å². The van der Waals surface area contributed by atoms with Crippen LogP contribution in [0.25, 0.3) is 0 Å². The summed E-state index contributed by atoms with van der Waals surface area (Å²) in [5.74, 6) is 2.25. The van der Waals surface area contributed by atoms with Crippen molar-refractivity contribution in [3.63, 3.8) is 0 Å². The Hall–Kier alpha value is -1.99. The van der Waals surface area contributed by atoms with E-state index in [1.807, 2.05) is 0 Å². The van der Waals surface area contributed by atoms with E-state index in [-0.39, 0.29) is 10.9 Å². The molecule has 0 bridgehead atoms. The second-order valence-corrected chi connectivity index (χ2v) is 13.9. The summed E-state index contributed by atoms with van der Waals surface area (Å²) < 4.78 is 0. The van der Waals surface area contributed by atoms with Gasteiger partial charge in [-0.15, -0.1) is 0 Å². The maximum absolute atomic E-state index is 2.76. The molecule has 3 aliphatic rings. The van der Waals surface area contributed by atoms with Crippen molar-refractivity contribution in [3.8, 4) is 0 Å². The smallest absolute Gasteiger partial charge is 0.0619 e. The van der Waals surface area contributed by atoms with Gasteiger partial charge in [0.1, 0.15) is 0 Å². The Labute approximate surface area is 228 Å². The van der Waals surface area contributed by atoms with E-state index in [0.29, 0.717) is 0 Å². The Kier molecular flexibility index (Phi) is 8.37. The summed E-state index contributed by atoms with van der Waals surface area (Å²) in [6, 6.07) is 28.6. The van der Waals surface area contributed by atoms with Crippen LogP contribution < -0.4 is 0 Å². The van der Waals surface area contributed by atoms with Gasteiger partial charge in [0.2, 0.25) is 0 Å². The maximum atomic E-state index is 2.76. The van der Waals surface area contributed by atoms with E-state index in [0.717, 1.165) is 17.8 Å². The van der Waals surface area contributed by atoms with Crippen LogP contribution in [0, 0.1) is 0 Å². The molecule has 3 fully saturated rings. The minimum Gasteiger partial charge on any atom is -0.0619 e. The molecule has 0 heterocycles. The predicted octanol–water partition coefficient (Wildman–Crippen LogP) is 10.9. The molecule has 0 N–H and O–H groups in total. The van der Waals surface area contributed by atoms with E-state index in [9.17, 15) is 0 Å². The highest BCUT2D eigenvalue weighted by Gasteiger charge is 2.39. The summed E-state index contributed by atoms with van der Waals surface area (Å²) >= 11 is 0. The number of rotatable bonds is 6. The van der Waals surface area contributed by atoms with Crippen molar-refractivity contribution in [1.82, 2.24) is 0 Å². The largest absolute Gasteiger partial charge is 0.173 e. The summed E-state index contributed by atoms with van der Waals surface area (Å²) in [7, 11) is -0.0543. The zero-order valence-corrected chi connectivity index (χ0v) is 23.5. The Bertz CT molecular complexity index is 1040. The molecule has 0 atom stereocenters. The van der Waals surface area contributed by atoms with Gasteiger partial charge in [-0.1, -0.05) is 106 Å². The fourth-order valence-electron chi connectivity index (χ4n) is 7.52. The second kappa shape index (κ2) is 12.2. The molecule has 6 rings (SSSR count). The third kappa shape index (κ3) is 5.73. The molecule has 3 aromatic carbocycles. The molecule has 37 heavy (non-hydrogen) atoms. The van der Waals surface area contributed by atoms with Gasteiger partial charge in [0.15, 0.2) is 14.7 Å². The van der Waals surface area contributed by atoms with Crippen molar-refractivity contribution in [2.24, 2.45) is 0 Å². The average Bonchev–Trinajstić information content (AvgIpc) is 3.00. The van der Waals surface area contributed by atoms with Crippen molar-refractivity contribution in [2.75, 3.05) is 0 Å². The van der Waals surface area contributed by atoms with Crippen LogP contribution in [0.5, 0.6) is 0 Å². The highest BCUT2D eigenvalue weighted by molar-refractivity contribution is 7.97. The minimum absolute atomic E-state index is 0.0543. The standard InChI is InChI=1S/C36H45S/c1-6-16-28(17-7-1)31-26-34(29-18-8-2-9-19-29)36(35(27-31)30-20-10-3-11-21-30)37(32-22-12-4-13-23-32)33-24-14-5-15-25-33/h4-5,12-15,22-30H,1-3,6-11,16-21H2/q+1. The SMILES string of the molecule is c1ccc([S+](c2ccccc2)c2c(C3CCCCC3)cc(C3CCCCC3)cc2C2CCCCC2)cc1. The second-order valence-electron chi connectivity index (χ2n) is 12.0. The first-order valence-electron chi connectivity index (χ1n) is 15.4. The molecule has 1 heteroatoms. The Balaban J connectivity index is 1.59. The van der Waals surface area contributed by atoms with E-state index in [2.05, 4.69) is 72.8 Å². The van der Waals surface area contributed by atoms with Crippen molar-refractivity contribution in [1.29, 1.82) is 0 Å². The molecular weight excluding hydrogens is 464 g/mol. The molecule has 3 saturated carbocycles. The molecule has 0 aromatic heterocycles. The summed E-state index contributed by atoms with van der Waals surface area (Å²) in [6.07, 6.45) is 21.1. The molecular formula is C36H45S+. The zero-order chi connectivity index (χ0) is 24.9. The van der Waals surface area contributed by atoms with Crippen molar-refractivity contribution < 1.29 is 0 Å². The highest BCUT2D eigenvalue weighted by atomic mass is 32.2. The number of hydrogen-bond donors (Lipinski definition) is 0. The zero-order valence-electron chi connectivity index (χ0n) is 22.7. The molecule has 0 spiro atoms. The molecule has 0 radical (unpaired) electrons. The Morgan fingerprint density at radius 2 is 0.811 bits per heavy atom. The van der Waals surface area contributed by atoms with Crippen LogP contribution in [0.3, 0.4) is 0 Å². The van der Waals surface area contributed by atoms with Crippen LogP contribution in [0.1, 0.15) is 131 Å². The summed E-state index contributed by atoms with van der Waals surface area (Å²) in [4.78, 5) is 4.72. The van der Waals surface area contributed by atoms with Gasteiger partial charge in [0.05, 0.1) is 10.9 Å². The lowest BCUT2D eigenvalue weighted by molar-refractivity contribution is 0.420. The van der Waals surface area contributed by atoms with Gasteiger partial charge in [-0.25, -0.2) is 0 Å². The highest BCUT2D eigenvalue weighted by Crippen LogP contribution is 2.48. The van der Waals surface area contributed by atoms with E-state index in [1.165, 1.54) is 106 Å². The van der Waals surface area contributed by atoms with Crippen LogP contribution >= 0.6 is 0 Å². The van der Waals surface area contributed by atoms with Crippen LogP contribution in [0.4, 0.5) is 0 Å². The average molecular weight is 510 g/mol. The van der Waals surface area contributed by atoms with Gasteiger partial charge in [0, 0.05) is 11.1 Å². The molecule has 0 nitrogen and oxygen atoms in total. The summed E-state index contributed by atoms with van der Waals surface area (Å²) in [5, 5.41) is 0. The van der Waals surface area contributed by atoms with Crippen LogP contribution in [-0.4, -0.2) is 0 Å². The first-order valence-corrected chi connectivity index (χ1v) is 16.6. The fourth-order valence-corrected chi connectivity index (χ4v) is 10.0. The molecule has 194 valence electrons. The third-order valence-electron chi connectivity index (χ3n) is 9.50. The lowest BCUT2D eigenvalue weighted by atomic mass is 9.76. The Morgan fingerprint density at radius 1 is 0.432 bits per heavy atom. The van der Waals surface area contributed by atoms with Gasteiger partial charge in [0.25, 0.3) is 0 Å². The van der Waals surface area contributed by atoms with E-state index >= 15 is 0 Å². The lowest BCUT2D eigenvalue weighted by Gasteiger charge is -2.31. The quantitative estimate of drug-likeness (QED) is 0.290. The summed E-state index contributed by atoms with van der Waals surface area (Å²) in [6.45, 7) is 0. The molecule has 0 aliphatic heterocycles. The number of hydrogen-bond acceptors (Lipinski definition) is 0. The van der Waals surface area contributed by atoms with E-state index < -0.39 is 0 Å². The normalized spacial score (nSPS) is 20.4. The third-order valence-corrected chi connectivity index (χ3v) is 11.9. The van der Waals surface area contributed by atoms with Gasteiger partial charge in [-0.3, -0.25) is 0 Å². The molecule has 3 aliphatic carbocycles. The van der Waals surface area contributed by atoms with Crippen molar-refractivity contribution in [2.45, 2.75) is 129 Å². The molecule has 0 saturated heterocycles. The Morgan fingerprint density at radius 3 is 1.22 bits per heavy atom. The monoisotopic (exact) mass is 509 g/mol. The van der Waals surface area contributed by atoms with Gasteiger partial charge in [-0.2, -0.15) is 0 Å². The predicted molar refractivity (Wildman–Crippen MR) is 159 cm³/mol. The van der Waals surface area contributed by atoms with Crippen molar-refractivity contribution >= 4 is 10.9 Å². The molecule has 0 amide bonds. The minimum atomic E-state index is -0.0543. The molecule has 0 unspecified atom stereocenters. The fraction of sp³-hybridized carbons (Fsp3) is 0.500. The van der Waals surface area contributed by atoms with Crippen LogP contribution in [-0.2, 0) is 10.9 Å². The molecule has 3 aromatic rings. The first kappa shape index (κ1) is 25.3. The van der Waals surface area contributed by atoms with E-state index in [1.54, 1.807) is 21.6 Å². The first-order chi connectivity index (χ1) is 18.4. The van der Waals surface area contributed by atoms with Crippen LogP contribution in [0.2, 0.25) is 0 Å². The van der Waals surface area contributed by atoms with E-state index in [4.69, 9.17) is 0 Å². The lowest BCUT2D eigenvalue weighted by Crippen LogP contribution is -2.19. The topological polar surface area (TPSA) is 0 Å². The van der Waals surface area contributed by atoms with Gasteiger partial charge < -0.3 is 0 Å². The van der Waals surface area contributed by atoms with Gasteiger partial charge in [-0.05, 0) is 86.1 Å².